The van der Waals surface area contributed by atoms with Crippen molar-refractivity contribution in [3.05, 3.63) is 131 Å². The van der Waals surface area contributed by atoms with Crippen LogP contribution in [0.2, 0.25) is 0 Å². The van der Waals surface area contributed by atoms with Crippen molar-refractivity contribution < 1.29 is 37.0 Å². The summed E-state index contributed by atoms with van der Waals surface area (Å²) >= 11 is 0. The summed E-state index contributed by atoms with van der Waals surface area (Å²) in [7, 11) is 1.34. The lowest BCUT2D eigenvalue weighted by Gasteiger charge is -2.24. The van der Waals surface area contributed by atoms with E-state index in [-0.39, 0.29) is 24.8 Å². The number of carbonyl (C=O) groups excluding carboxylic acids is 1. The highest BCUT2D eigenvalue weighted by Gasteiger charge is 2.36. The number of carboxylic acid groups (broad SMARTS) is 1. The molecule has 1 N–H and O–H groups in total. The van der Waals surface area contributed by atoms with Crippen molar-refractivity contribution in [2.45, 2.75) is 38.7 Å². The van der Waals surface area contributed by atoms with E-state index >= 15 is 0 Å². The molecule has 1 heterocycles. The van der Waals surface area contributed by atoms with Gasteiger partial charge in [-0.3, -0.25) is 4.79 Å². The number of furan rings is 1. The number of carboxylic acids is 1. The Bertz CT molecular complexity index is 1830. The zero-order valence-corrected chi connectivity index (χ0v) is 24.3. The predicted octanol–water partition coefficient (Wildman–Crippen LogP) is 8.22. The second-order valence-corrected chi connectivity index (χ2v) is 10.7. The molecule has 0 aliphatic carbocycles. The first-order valence-corrected chi connectivity index (χ1v) is 13.8. The maximum atomic E-state index is 14.1. The third-order valence-electron chi connectivity index (χ3n) is 7.82. The average Bonchev–Trinajstić information content (AvgIpc) is 3.50. The van der Waals surface area contributed by atoms with Crippen LogP contribution in [0, 0.1) is 6.92 Å². The number of nitrogens with zero attached hydrogens (tertiary/aromatic N) is 1. The Morgan fingerprint density at radius 2 is 1.59 bits per heavy atom. The molecule has 4 aromatic carbocycles. The minimum absolute atomic E-state index is 0.0108. The molecule has 5 aromatic rings. The van der Waals surface area contributed by atoms with Gasteiger partial charge >= 0.3 is 12.1 Å². The summed E-state index contributed by atoms with van der Waals surface area (Å²) in [5.74, 6) is -2.57. The normalized spacial score (nSPS) is 13.0. The minimum Gasteiger partial charge on any atom is -0.479 e. The van der Waals surface area contributed by atoms with Gasteiger partial charge in [-0.25, -0.2) is 4.79 Å². The molecule has 0 aliphatic rings. The standard InChI is InChI=1S/C35H30F3NO5/c1-22-11-14-25-7-4-5-10-29(25)31(22)32(40)39(21-28-17-18-30(44-28)35(36,37)38)20-23-12-15-24(16-13-23)26-8-6-9-27(19-26)34(2,43-3)33(41)42/h4-19H,20-21H2,1-3H3,(H,41,42). The summed E-state index contributed by atoms with van der Waals surface area (Å²) in [4.78, 5) is 27.4. The van der Waals surface area contributed by atoms with E-state index in [4.69, 9.17) is 9.15 Å². The van der Waals surface area contributed by atoms with Gasteiger partial charge in [-0.2, -0.15) is 13.2 Å². The monoisotopic (exact) mass is 601 g/mol. The van der Waals surface area contributed by atoms with E-state index in [1.165, 1.54) is 25.0 Å². The largest absolute Gasteiger partial charge is 0.479 e. The molecular formula is C35H30F3NO5. The van der Waals surface area contributed by atoms with Crippen molar-refractivity contribution in [3.63, 3.8) is 0 Å². The van der Waals surface area contributed by atoms with Crippen LogP contribution in [0.1, 0.15) is 45.5 Å². The van der Waals surface area contributed by atoms with E-state index in [1.807, 2.05) is 73.7 Å². The van der Waals surface area contributed by atoms with Gasteiger partial charge in [0.1, 0.15) is 5.76 Å². The number of hydrogen-bond acceptors (Lipinski definition) is 4. The molecule has 1 amide bonds. The second kappa shape index (κ2) is 12.0. The first-order valence-electron chi connectivity index (χ1n) is 13.8. The third-order valence-corrected chi connectivity index (χ3v) is 7.82. The van der Waals surface area contributed by atoms with Crippen LogP contribution < -0.4 is 0 Å². The lowest BCUT2D eigenvalue weighted by atomic mass is 9.92. The van der Waals surface area contributed by atoms with Gasteiger partial charge in [-0.05, 0) is 70.6 Å². The molecule has 0 saturated heterocycles. The van der Waals surface area contributed by atoms with Crippen LogP contribution in [-0.4, -0.2) is 29.0 Å². The van der Waals surface area contributed by atoms with E-state index in [2.05, 4.69) is 0 Å². The molecule has 0 radical (unpaired) electrons. The van der Waals surface area contributed by atoms with Crippen molar-refractivity contribution in [1.29, 1.82) is 0 Å². The smallest absolute Gasteiger partial charge is 0.449 e. The first-order chi connectivity index (χ1) is 20.9. The number of alkyl halides is 3. The van der Waals surface area contributed by atoms with Crippen molar-refractivity contribution in [3.8, 4) is 11.1 Å². The number of carbonyl (C=O) groups is 2. The third kappa shape index (κ3) is 6.09. The molecule has 0 spiro atoms. The summed E-state index contributed by atoms with van der Waals surface area (Å²) in [6, 6.07) is 27.7. The zero-order valence-electron chi connectivity index (χ0n) is 24.3. The van der Waals surface area contributed by atoms with Crippen molar-refractivity contribution >= 4 is 22.6 Å². The number of fused-ring (bicyclic) bond motifs is 1. The van der Waals surface area contributed by atoms with Crippen LogP contribution in [0.15, 0.2) is 101 Å². The summed E-state index contributed by atoms with van der Waals surface area (Å²) in [6.07, 6.45) is -4.64. The Kier molecular flexibility index (Phi) is 8.34. The Morgan fingerprint density at radius 1 is 0.864 bits per heavy atom. The molecule has 0 aliphatic heterocycles. The maximum Gasteiger partial charge on any atom is 0.449 e. The molecule has 1 atom stereocenters. The van der Waals surface area contributed by atoms with Crippen molar-refractivity contribution in [2.24, 2.45) is 0 Å². The number of rotatable bonds is 9. The zero-order chi connectivity index (χ0) is 31.6. The fourth-order valence-corrected chi connectivity index (χ4v) is 5.17. The lowest BCUT2D eigenvalue weighted by molar-refractivity contribution is -0.161. The summed E-state index contributed by atoms with van der Waals surface area (Å²) in [6.45, 7) is 3.24. The van der Waals surface area contributed by atoms with Crippen molar-refractivity contribution in [1.82, 2.24) is 4.90 Å². The van der Waals surface area contributed by atoms with Gasteiger partial charge in [0, 0.05) is 13.7 Å². The summed E-state index contributed by atoms with van der Waals surface area (Å²) in [5, 5.41) is 11.3. The molecule has 5 rings (SSSR count). The average molecular weight is 602 g/mol. The molecule has 226 valence electrons. The number of aliphatic carboxylic acids is 1. The molecule has 0 bridgehead atoms. The van der Waals surface area contributed by atoms with Crippen molar-refractivity contribution in [2.75, 3.05) is 7.11 Å². The molecule has 0 fully saturated rings. The van der Waals surface area contributed by atoms with Crippen LogP contribution in [-0.2, 0) is 34.4 Å². The molecule has 1 unspecified atom stereocenters. The van der Waals surface area contributed by atoms with Crippen LogP contribution in [0.3, 0.4) is 0 Å². The fraction of sp³-hybridized carbons (Fsp3) is 0.200. The number of hydrogen-bond donors (Lipinski definition) is 1. The highest BCUT2D eigenvalue weighted by atomic mass is 19.4. The highest BCUT2D eigenvalue weighted by molar-refractivity contribution is 6.08. The van der Waals surface area contributed by atoms with Gasteiger partial charge in [-0.1, -0.05) is 78.9 Å². The predicted molar refractivity (Wildman–Crippen MR) is 160 cm³/mol. The van der Waals surface area contributed by atoms with E-state index < -0.39 is 23.5 Å². The number of benzene rings is 4. The van der Waals surface area contributed by atoms with Crippen LogP contribution >= 0.6 is 0 Å². The van der Waals surface area contributed by atoms with Gasteiger partial charge in [0.25, 0.3) is 5.91 Å². The van der Waals surface area contributed by atoms with E-state index in [0.717, 1.165) is 39.1 Å². The van der Waals surface area contributed by atoms with Crippen LogP contribution in [0.4, 0.5) is 13.2 Å². The second-order valence-electron chi connectivity index (χ2n) is 10.7. The SMILES string of the molecule is COC(C)(C(=O)O)c1cccc(-c2ccc(CN(Cc3ccc(C(F)(F)F)o3)C(=O)c3c(C)ccc4ccccc34)cc2)c1. The van der Waals surface area contributed by atoms with Gasteiger partial charge in [0.05, 0.1) is 12.1 Å². The topological polar surface area (TPSA) is 80.0 Å². The highest BCUT2D eigenvalue weighted by Crippen LogP contribution is 2.33. The number of ether oxygens (including phenoxy) is 1. The van der Waals surface area contributed by atoms with E-state index in [0.29, 0.717) is 11.1 Å². The number of aryl methyl sites for hydroxylation is 1. The minimum atomic E-state index is -4.64. The number of amides is 1. The fourth-order valence-electron chi connectivity index (χ4n) is 5.17. The molecule has 0 saturated carbocycles. The van der Waals surface area contributed by atoms with Gasteiger partial charge < -0.3 is 19.2 Å². The Labute approximate surface area is 252 Å². The quantitative estimate of drug-likeness (QED) is 0.184. The van der Waals surface area contributed by atoms with Gasteiger partial charge in [-0.15, -0.1) is 0 Å². The Balaban J connectivity index is 1.48. The summed E-state index contributed by atoms with van der Waals surface area (Å²) in [5.41, 5.74) is 2.50. The molecule has 44 heavy (non-hydrogen) atoms. The van der Waals surface area contributed by atoms with Gasteiger partial charge in [0.15, 0.2) is 5.60 Å². The van der Waals surface area contributed by atoms with E-state index in [1.54, 1.807) is 18.2 Å². The molecule has 1 aromatic heterocycles. The van der Waals surface area contributed by atoms with Crippen LogP contribution in [0.25, 0.3) is 21.9 Å². The van der Waals surface area contributed by atoms with Gasteiger partial charge in [0.2, 0.25) is 5.76 Å². The lowest BCUT2D eigenvalue weighted by Crippen LogP contribution is -2.34. The first kappa shape index (κ1) is 30.6. The Morgan fingerprint density at radius 3 is 2.25 bits per heavy atom. The summed E-state index contributed by atoms with van der Waals surface area (Å²) < 4.78 is 50.1. The number of methoxy groups -OCH3 is 1. The molecular weight excluding hydrogens is 571 g/mol. The Hall–Kier alpha value is -4.89. The maximum absolute atomic E-state index is 14.1. The molecule has 6 nitrogen and oxygen atoms in total. The molecule has 9 heteroatoms. The number of halogens is 3. The van der Waals surface area contributed by atoms with E-state index in [9.17, 15) is 27.9 Å². The van der Waals surface area contributed by atoms with Crippen LogP contribution in [0.5, 0.6) is 0 Å².